The molecule has 0 radical (unpaired) electrons. The van der Waals surface area contributed by atoms with Crippen molar-refractivity contribution < 1.29 is 15.0 Å². The van der Waals surface area contributed by atoms with Gasteiger partial charge in [-0.05, 0) is 42.5 Å². The van der Waals surface area contributed by atoms with Crippen LogP contribution >= 0.6 is 0 Å². The van der Waals surface area contributed by atoms with Crippen LogP contribution in [0, 0.1) is 0 Å². The quantitative estimate of drug-likeness (QED) is 0.796. The fourth-order valence-electron chi connectivity index (χ4n) is 2.05. The van der Waals surface area contributed by atoms with E-state index in [2.05, 4.69) is 6.92 Å². The maximum Gasteiger partial charge on any atom is 0.335 e. The van der Waals surface area contributed by atoms with E-state index in [0.29, 0.717) is 5.56 Å². The molecule has 94 valence electrons. The lowest BCUT2D eigenvalue weighted by molar-refractivity contribution is 0.0695. The fourth-order valence-corrected chi connectivity index (χ4v) is 2.05. The van der Waals surface area contributed by atoms with Gasteiger partial charge in [-0.25, -0.2) is 4.79 Å². The van der Waals surface area contributed by atoms with E-state index in [9.17, 15) is 9.90 Å². The van der Waals surface area contributed by atoms with E-state index in [1.165, 1.54) is 12.1 Å². The van der Waals surface area contributed by atoms with Crippen LogP contribution in [0.1, 0.15) is 54.6 Å². The van der Waals surface area contributed by atoms with Crippen LogP contribution in [0.5, 0.6) is 5.75 Å². The third kappa shape index (κ3) is 3.22. The van der Waals surface area contributed by atoms with Gasteiger partial charge in [0.25, 0.3) is 0 Å². The number of carboxylic acids is 1. The first-order valence-corrected chi connectivity index (χ1v) is 6.18. The molecule has 2 N–H and O–H groups in total. The minimum atomic E-state index is -0.909. The Hall–Kier alpha value is -1.51. The van der Waals surface area contributed by atoms with Gasteiger partial charge in [0.2, 0.25) is 0 Å². The van der Waals surface area contributed by atoms with Gasteiger partial charge in [0.05, 0.1) is 5.56 Å². The maximum absolute atomic E-state index is 11.2. The molecular weight excluding hydrogens is 216 g/mol. The molecule has 0 atom stereocenters. The molecule has 0 aliphatic rings. The Morgan fingerprint density at radius 2 is 1.82 bits per heavy atom. The van der Waals surface area contributed by atoms with E-state index < -0.39 is 5.97 Å². The van der Waals surface area contributed by atoms with E-state index in [-0.39, 0.29) is 5.75 Å². The summed E-state index contributed by atoms with van der Waals surface area (Å²) in [4.78, 5) is 11.2. The van der Waals surface area contributed by atoms with Gasteiger partial charge in [-0.15, -0.1) is 0 Å². The van der Waals surface area contributed by atoms with Gasteiger partial charge < -0.3 is 10.2 Å². The number of rotatable bonds is 6. The number of aromatic carboxylic acids is 1. The highest BCUT2D eigenvalue weighted by Gasteiger charge is 2.16. The molecule has 0 heterocycles. The molecule has 3 heteroatoms. The number of hydrogen-bond acceptors (Lipinski definition) is 2. The number of phenolic OH excluding ortho intramolecular Hbond substituents is 1. The molecule has 0 saturated heterocycles. The molecule has 1 aromatic carbocycles. The minimum absolute atomic E-state index is 0.225. The second-order valence-electron chi connectivity index (χ2n) is 4.25. The van der Waals surface area contributed by atoms with Crippen LogP contribution in [-0.4, -0.2) is 16.2 Å². The first-order valence-electron chi connectivity index (χ1n) is 6.18. The van der Waals surface area contributed by atoms with E-state index in [4.69, 9.17) is 5.11 Å². The molecule has 3 nitrogen and oxygen atoms in total. The van der Waals surface area contributed by atoms with Crippen molar-refractivity contribution in [3.8, 4) is 5.75 Å². The van der Waals surface area contributed by atoms with Gasteiger partial charge in [0.15, 0.2) is 0 Å². The SMILES string of the molecule is CCCCc1c(C(=O)O)ccc(O)c1CCC. The average molecular weight is 236 g/mol. The zero-order chi connectivity index (χ0) is 12.8. The Balaban J connectivity index is 3.22. The van der Waals surface area contributed by atoms with Crippen molar-refractivity contribution >= 4 is 5.97 Å². The summed E-state index contributed by atoms with van der Waals surface area (Å²) in [7, 11) is 0. The molecule has 0 fully saturated rings. The van der Waals surface area contributed by atoms with Crippen LogP contribution in [-0.2, 0) is 12.8 Å². The fraction of sp³-hybridized carbons (Fsp3) is 0.500. The lowest BCUT2D eigenvalue weighted by Gasteiger charge is -2.13. The topological polar surface area (TPSA) is 57.5 Å². The first kappa shape index (κ1) is 13.6. The second kappa shape index (κ2) is 6.28. The summed E-state index contributed by atoms with van der Waals surface area (Å²) in [6.07, 6.45) is 4.31. The van der Waals surface area contributed by atoms with Crippen molar-refractivity contribution in [3.05, 3.63) is 28.8 Å². The molecule has 0 spiro atoms. The van der Waals surface area contributed by atoms with Crippen LogP contribution < -0.4 is 0 Å². The highest BCUT2D eigenvalue weighted by atomic mass is 16.4. The molecular formula is C14H20O3. The van der Waals surface area contributed by atoms with Crippen molar-refractivity contribution in [2.24, 2.45) is 0 Å². The van der Waals surface area contributed by atoms with Crippen molar-refractivity contribution in [2.45, 2.75) is 46.0 Å². The lowest BCUT2D eigenvalue weighted by atomic mass is 9.93. The molecule has 1 rings (SSSR count). The van der Waals surface area contributed by atoms with Gasteiger partial charge in [0, 0.05) is 0 Å². The molecule has 0 saturated carbocycles. The zero-order valence-electron chi connectivity index (χ0n) is 10.5. The summed E-state index contributed by atoms with van der Waals surface area (Å²) in [5.74, 6) is -0.684. The summed E-state index contributed by atoms with van der Waals surface area (Å²) >= 11 is 0. The molecule has 0 bridgehead atoms. The number of carbonyl (C=O) groups is 1. The molecule has 1 aromatic rings. The van der Waals surface area contributed by atoms with Crippen LogP contribution in [0.4, 0.5) is 0 Å². The van der Waals surface area contributed by atoms with Crippen LogP contribution in [0.3, 0.4) is 0 Å². The largest absolute Gasteiger partial charge is 0.508 e. The van der Waals surface area contributed by atoms with Gasteiger partial charge in [-0.2, -0.15) is 0 Å². The third-order valence-electron chi connectivity index (χ3n) is 2.92. The normalized spacial score (nSPS) is 10.5. The molecule has 0 aromatic heterocycles. The number of aromatic hydroxyl groups is 1. The van der Waals surface area contributed by atoms with Crippen molar-refractivity contribution in [2.75, 3.05) is 0 Å². The highest BCUT2D eigenvalue weighted by Crippen LogP contribution is 2.27. The smallest absolute Gasteiger partial charge is 0.335 e. The Bertz CT molecular complexity index is 397. The third-order valence-corrected chi connectivity index (χ3v) is 2.92. The van der Waals surface area contributed by atoms with Gasteiger partial charge in [0.1, 0.15) is 5.75 Å². The Kier molecular flexibility index (Phi) is 5.01. The number of unbranched alkanes of at least 4 members (excludes halogenated alkanes) is 1. The standard InChI is InChI=1S/C14H20O3/c1-3-5-7-10-11(6-4-2)13(15)9-8-12(10)14(16)17/h8-9,15H,3-7H2,1-2H3,(H,16,17). The Morgan fingerprint density at radius 1 is 1.12 bits per heavy atom. The van der Waals surface area contributed by atoms with Gasteiger partial charge in [-0.1, -0.05) is 26.7 Å². The lowest BCUT2D eigenvalue weighted by Crippen LogP contribution is -2.06. The first-order chi connectivity index (χ1) is 8.11. The zero-order valence-corrected chi connectivity index (χ0v) is 10.5. The Morgan fingerprint density at radius 3 is 2.35 bits per heavy atom. The van der Waals surface area contributed by atoms with Crippen molar-refractivity contribution in [1.29, 1.82) is 0 Å². The van der Waals surface area contributed by atoms with E-state index in [1.54, 1.807) is 0 Å². The summed E-state index contributed by atoms with van der Waals surface area (Å²) < 4.78 is 0. The summed E-state index contributed by atoms with van der Waals surface area (Å²) in [5.41, 5.74) is 1.95. The summed E-state index contributed by atoms with van der Waals surface area (Å²) in [6, 6.07) is 2.99. The van der Waals surface area contributed by atoms with Crippen LogP contribution in [0.15, 0.2) is 12.1 Å². The summed E-state index contributed by atoms with van der Waals surface area (Å²) in [6.45, 7) is 4.10. The van der Waals surface area contributed by atoms with E-state index >= 15 is 0 Å². The molecule has 0 aliphatic carbocycles. The second-order valence-corrected chi connectivity index (χ2v) is 4.25. The van der Waals surface area contributed by atoms with Crippen LogP contribution in [0.25, 0.3) is 0 Å². The summed E-state index contributed by atoms with van der Waals surface area (Å²) in [5, 5.41) is 19.0. The number of hydrogen-bond donors (Lipinski definition) is 2. The van der Waals surface area contributed by atoms with Gasteiger partial charge >= 0.3 is 5.97 Å². The van der Waals surface area contributed by atoms with E-state index in [0.717, 1.165) is 43.2 Å². The Labute approximate surface area is 102 Å². The molecule has 0 unspecified atom stereocenters. The van der Waals surface area contributed by atoms with Crippen LogP contribution in [0.2, 0.25) is 0 Å². The van der Waals surface area contributed by atoms with E-state index in [1.807, 2.05) is 6.92 Å². The monoisotopic (exact) mass is 236 g/mol. The van der Waals surface area contributed by atoms with Crippen molar-refractivity contribution in [3.63, 3.8) is 0 Å². The predicted octanol–water partition coefficient (Wildman–Crippen LogP) is 3.39. The molecule has 0 amide bonds. The number of benzene rings is 1. The minimum Gasteiger partial charge on any atom is -0.508 e. The average Bonchev–Trinajstić information content (AvgIpc) is 2.29. The van der Waals surface area contributed by atoms with Crippen molar-refractivity contribution in [1.82, 2.24) is 0 Å². The van der Waals surface area contributed by atoms with Gasteiger partial charge in [-0.3, -0.25) is 0 Å². The molecule has 0 aliphatic heterocycles. The highest BCUT2D eigenvalue weighted by molar-refractivity contribution is 5.90. The number of carboxylic acid groups (broad SMARTS) is 1. The number of phenols is 1. The predicted molar refractivity (Wildman–Crippen MR) is 67.7 cm³/mol. The maximum atomic E-state index is 11.2. The molecule has 17 heavy (non-hydrogen) atoms.